The smallest absolute Gasteiger partial charge is 0.261 e. The summed E-state index contributed by atoms with van der Waals surface area (Å²) < 4.78 is 5.73. The molecule has 2 unspecified atom stereocenters. The second-order valence-electron chi connectivity index (χ2n) is 6.37. The molecule has 0 radical (unpaired) electrons. The minimum absolute atomic E-state index is 0.0512. The summed E-state index contributed by atoms with van der Waals surface area (Å²) in [5.74, 6) is 0.836. The highest BCUT2D eigenvalue weighted by Crippen LogP contribution is 2.35. The molecule has 1 aromatic carbocycles. The van der Waals surface area contributed by atoms with Gasteiger partial charge in [0.1, 0.15) is 5.75 Å². The van der Waals surface area contributed by atoms with Crippen LogP contribution in [0.1, 0.15) is 36.8 Å². The number of aryl methyl sites for hydroxylation is 2. The SMILES string of the molecule is Cc1ccc(C)c(OCC(=O)N2C3CCC2CC(O)C3)c1. The van der Waals surface area contributed by atoms with E-state index in [4.69, 9.17) is 4.74 Å². The Bertz CT molecular complexity index is 529. The van der Waals surface area contributed by atoms with Crippen LogP contribution < -0.4 is 4.74 Å². The molecule has 2 bridgehead atoms. The van der Waals surface area contributed by atoms with Gasteiger partial charge in [-0.1, -0.05) is 12.1 Å². The second kappa shape index (κ2) is 5.68. The predicted octanol–water partition coefficient (Wildman–Crippen LogP) is 2.20. The summed E-state index contributed by atoms with van der Waals surface area (Å²) in [5, 5.41) is 9.80. The minimum Gasteiger partial charge on any atom is -0.483 e. The van der Waals surface area contributed by atoms with E-state index in [2.05, 4.69) is 0 Å². The normalized spacial score (nSPS) is 27.8. The summed E-state index contributed by atoms with van der Waals surface area (Å²) in [6.45, 7) is 4.09. The number of piperidine rings is 1. The molecular weight excluding hydrogens is 266 g/mol. The lowest BCUT2D eigenvalue weighted by atomic mass is 10.00. The van der Waals surface area contributed by atoms with Gasteiger partial charge in [-0.05, 0) is 56.7 Å². The van der Waals surface area contributed by atoms with Crippen molar-refractivity contribution in [1.82, 2.24) is 4.90 Å². The fraction of sp³-hybridized carbons (Fsp3) is 0.588. The lowest BCUT2D eigenvalue weighted by molar-refractivity contribution is -0.139. The van der Waals surface area contributed by atoms with Crippen molar-refractivity contribution in [2.24, 2.45) is 0 Å². The Morgan fingerprint density at radius 2 is 1.95 bits per heavy atom. The highest BCUT2D eigenvalue weighted by molar-refractivity contribution is 5.79. The van der Waals surface area contributed by atoms with Crippen LogP contribution in [-0.2, 0) is 4.79 Å². The van der Waals surface area contributed by atoms with Crippen molar-refractivity contribution in [3.8, 4) is 5.75 Å². The molecule has 2 heterocycles. The van der Waals surface area contributed by atoms with E-state index in [1.54, 1.807) is 0 Å². The molecule has 0 aliphatic carbocycles. The van der Waals surface area contributed by atoms with Crippen LogP contribution >= 0.6 is 0 Å². The fourth-order valence-corrected chi connectivity index (χ4v) is 3.63. The Morgan fingerprint density at radius 3 is 2.62 bits per heavy atom. The van der Waals surface area contributed by atoms with Crippen LogP contribution in [0.4, 0.5) is 0 Å². The van der Waals surface area contributed by atoms with E-state index >= 15 is 0 Å². The fourth-order valence-electron chi connectivity index (χ4n) is 3.63. The van der Waals surface area contributed by atoms with Gasteiger partial charge in [-0.25, -0.2) is 0 Å². The van der Waals surface area contributed by atoms with E-state index < -0.39 is 0 Å². The van der Waals surface area contributed by atoms with Crippen LogP contribution in [0.15, 0.2) is 18.2 Å². The first-order valence-corrected chi connectivity index (χ1v) is 7.74. The number of amides is 1. The first-order chi connectivity index (χ1) is 10.0. The number of carbonyl (C=O) groups excluding carboxylic acids is 1. The van der Waals surface area contributed by atoms with Gasteiger partial charge in [0.2, 0.25) is 0 Å². The Balaban J connectivity index is 1.63. The molecule has 3 rings (SSSR count). The molecule has 2 aliphatic rings. The second-order valence-corrected chi connectivity index (χ2v) is 6.37. The molecule has 0 aromatic heterocycles. The third-order valence-electron chi connectivity index (χ3n) is 4.69. The van der Waals surface area contributed by atoms with Crippen molar-refractivity contribution in [1.29, 1.82) is 0 Å². The number of hydrogen-bond donors (Lipinski definition) is 1. The standard InChI is InChI=1S/C17H23NO3/c1-11-3-4-12(2)16(7-11)21-10-17(20)18-13-5-6-14(18)9-15(19)8-13/h3-4,7,13-15,19H,5-6,8-10H2,1-2H3. The van der Waals surface area contributed by atoms with E-state index in [0.29, 0.717) is 12.8 Å². The van der Waals surface area contributed by atoms with Gasteiger partial charge in [0.25, 0.3) is 5.91 Å². The Morgan fingerprint density at radius 1 is 1.29 bits per heavy atom. The van der Waals surface area contributed by atoms with Crippen molar-refractivity contribution in [2.75, 3.05) is 6.61 Å². The van der Waals surface area contributed by atoms with Crippen LogP contribution in [0.25, 0.3) is 0 Å². The number of nitrogens with zero attached hydrogens (tertiary/aromatic N) is 1. The van der Waals surface area contributed by atoms with E-state index in [-0.39, 0.29) is 30.7 Å². The Hall–Kier alpha value is -1.55. The van der Waals surface area contributed by atoms with Gasteiger partial charge in [0.15, 0.2) is 6.61 Å². The molecule has 4 heteroatoms. The maximum Gasteiger partial charge on any atom is 0.261 e. The minimum atomic E-state index is -0.244. The molecule has 2 atom stereocenters. The van der Waals surface area contributed by atoms with Gasteiger partial charge >= 0.3 is 0 Å². The summed E-state index contributed by atoms with van der Waals surface area (Å²) in [5.41, 5.74) is 2.18. The van der Waals surface area contributed by atoms with Gasteiger partial charge in [-0.2, -0.15) is 0 Å². The van der Waals surface area contributed by atoms with Crippen molar-refractivity contribution < 1.29 is 14.6 Å². The summed E-state index contributed by atoms with van der Waals surface area (Å²) in [6.07, 6.45) is 3.21. The number of fused-ring (bicyclic) bond motifs is 2. The zero-order valence-electron chi connectivity index (χ0n) is 12.7. The molecule has 4 nitrogen and oxygen atoms in total. The van der Waals surface area contributed by atoms with Crippen molar-refractivity contribution in [3.63, 3.8) is 0 Å². The number of rotatable bonds is 3. The molecule has 2 saturated heterocycles. The largest absolute Gasteiger partial charge is 0.483 e. The van der Waals surface area contributed by atoms with E-state index in [9.17, 15) is 9.90 Å². The Labute approximate surface area is 125 Å². The first kappa shape index (κ1) is 14.4. The first-order valence-electron chi connectivity index (χ1n) is 7.74. The van der Waals surface area contributed by atoms with Crippen LogP contribution in [0.2, 0.25) is 0 Å². The number of aliphatic hydroxyl groups is 1. The molecular formula is C17H23NO3. The molecule has 0 spiro atoms. The molecule has 1 aromatic rings. The zero-order valence-corrected chi connectivity index (χ0v) is 12.7. The third kappa shape index (κ3) is 2.91. The van der Waals surface area contributed by atoms with Crippen LogP contribution in [-0.4, -0.2) is 40.7 Å². The number of carbonyl (C=O) groups is 1. The number of hydrogen-bond acceptors (Lipinski definition) is 3. The van der Waals surface area contributed by atoms with Crippen molar-refractivity contribution in [2.45, 2.75) is 57.7 Å². The van der Waals surface area contributed by atoms with Gasteiger partial charge in [0.05, 0.1) is 6.10 Å². The van der Waals surface area contributed by atoms with E-state index in [0.717, 1.165) is 29.7 Å². The summed E-state index contributed by atoms with van der Waals surface area (Å²) in [7, 11) is 0. The van der Waals surface area contributed by atoms with E-state index in [1.807, 2.05) is 36.9 Å². The molecule has 21 heavy (non-hydrogen) atoms. The molecule has 1 N–H and O–H groups in total. The van der Waals surface area contributed by atoms with Gasteiger partial charge < -0.3 is 14.7 Å². The van der Waals surface area contributed by atoms with Crippen LogP contribution in [0.5, 0.6) is 5.75 Å². The van der Waals surface area contributed by atoms with Crippen LogP contribution in [0.3, 0.4) is 0 Å². The highest BCUT2D eigenvalue weighted by Gasteiger charge is 2.42. The maximum absolute atomic E-state index is 12.5. The van der Waals surface area contributed by atoms with Crippen molar-refractivity contribution >= 4 is 5.91 Å². The lowest BCUT2D eigenvalue weighted by Gasteiger charge is -2.37. The molecule has 0 saturated carbocycles. The molecule has 2 fully saturated rings. The number of aliphatic hydroxyl groups excluding tert-OH is 1. The number of ether oxygens (including phenoxy) is 1. The monoisotopic (exact) mass is 289 g/mol. The Kier molecular flexibility index (Phi) is 3.89. The quantitative estimate of drug-likeness (QED) is 0.928. The van der Waals surface area contributed by atoms with Crippen molar-refractivity contribution in [3.05, 3.63) is 29.3 Å². The molecule has 2 aliphatic heterocycles. The zero-order chi connectivity index (χ0) is 15.0. The van der Waals surface area contributed by atoms with E-state index in [1.165, 1.54) is 0 Å². The summed E-state index contributed by atoms with van der Waals surface area (Å²) in [4.78, 5) is 14.4. The van der Waals surface area contributed by atoms with Gasteiger partial charge in [-0.3, -0.25) is 4.79 Å². The van der Waals surface area contributed by atoms with Gasteiger partial charge in [-0.15, -0.1) is 0 Å². The number of benzene rings is 1. The molecule has 1 amide bonds. The summed E-state index contributed by atoms with van der Waals surface area (Å²) in [6, 6.07) is 6.42. The third-order valence-corrected chi connectivity index (χ3v) is 4.69. The average molecular weight is 289 g/mol. The van der Waals surface area contributed by atoms with Crippen LogP contribution in [0, 0.1) is 13.8 Å². The highest BCUT2D eigenvalue weighted by atomic mass is 16.5. The predicted molar refractivity (Wildman–Crippen MR) is 80.3 cm³/mol. The maximum atomic E-state index is 12.5. The van der Waals surface area contributed by atoms with Gasteiger partial charge in [0, 0.05) is 12.1 Å². The summed E-state index contributed by atoms with van der Waals surface area (Å²) >= 11 is 0. The topological polar surface area (TPSA) is 49.8 Å². The lowest BCUT2D eigenvalue weighted by Crippen LogP contribution is -2.49. The molecule has 114 valence electrons. The average Bonchev–Trinajstić information content (AvgIpc) is 2.72.